The highest BCUT2D eigenvalue weighted by Gasteiger charge is 2.16. The van der Waals surface area contributed by atoms with Gasteiger partial charge in [0.1, 0.15) is 5.82 Å². The molecule has 0 radical (unpaired) electrons. The summed E-state index contributed by atoms with van der Waals surface area (Å²) in [6.45, 7) is 5.05. The molecule has 2 rings (SSSR count). The Bertz CT molecular complexity index is 386. The zero-order chi connectivity index (χ0) is 12.8. The zero-order valence-corrected chi connectivity index (χ0v) is 10.6. The van der Waals surface area contributed by atoms with Gasteiger partial charge in [-0.3, -0.25) is 4.79 Å². The van der Waals surface area contributed by atoms with Crippen LogP contribution in [0, 0.1) is 5.92 Å². The Kier molecular flexibility index (Phi) is 4.52. The Balaban J connectivity index is 1.83. The third kappa shape index (κ3) is 3.43. The molecule has 5 nitrogen and oxygen atoms in total. The number of hydrogen-bond acceptors (Lipinski definition) is 4. The Labute approximate surface area is 107 Å². The summed E-state index contributed by atoms with van der Waals surface area (Å²) < 4.78 is 5.27. The van der Waals surface area contributed by atoms with E-state index in [-0.39, 0.29) is 5.91 Å². The van der Waals surface area contributed by atoms with E-state index in [2.05, 4.69) is 15.6 Å². The van der Waals surface area contributed by atoms with E-state index in [4.69, 9.17) is 4.74 Å². The topological polar surface area (TPSA) is 63.2 Å². The number of nitrogens with zero attached hydrogens (tertiary/aromatic N) is 1. The number of anilines is 1. The highest BCUT2D eigenvalue weighted by Crippen LogP contribution is 2.11. The molecule has 18 heavy (non-hydrogen) atoms. The molecule has 0 spiro atoms. The first-order chi connectivity index (χ1) is 8.79. The van der Waals surface area contributed by atoms with Crippen LogP contribution in [0.15, 0.2) is 18.3 Å². The van der Waals surface area contributed by atoms with E-state index in [9.17, 15) is 4.79 Å². The van der Waals surface area contributed by atoms with Gasteiger partial charge in [0, 0.05) is 31.8 Å². The number of carbonyl (C=O) groups is 1. The molecule has 2 N–H and O–H groups in total. The standard InChI is InChI=1S/C13H19N3O2/c1-2-14-12-4-3-11(8-15-12)13(17)16-7-10-5-6-18-9-10/h3-4,8,10H,2,5-7,9H2,1H3,(H,14,15)(H,16,17). The molecular formula is C13H19N3O2. The van der Waals surface area contributed by atoms with Crippen LogP contribution in [0.2, 0.25) is 0 Å². The Hall–Kier alpha value is -1.62. The molecule has 1 aromatic heterocycles. The molecular weight excluding hydrogens is 230 g/mol. The van der Waals surface area contributed by atoms with Crippen molar-refractivity contribution in [2.45, 2.75) is 13.3 Å². The summed E-state index contributed by atoms with van der Waals surface area (Å²) >= 11 is 0. The smallest absolute Gasteiger partial charge is 0.252 e. The van der Waals surface area contributed by atoms with Crippen molar-refractivity contribution in [2.75, 3.05) is 31.6 Å². The second-order valence-corrected chi connectivity index (χ2v) is 4.40. The summed E-state index contributed by atoms with van der Waals surface area (Å²) in [5.74, 6) is 1.17. The van der Waals surface area contributed by atoms with E-state index in [1.54, 1.807) is 12.3 Å². The van der Waals surface area contributed by atoms with Gasteiger partial charge in [0.2, 0.25) is 0 Å². The molecule has 1 unspecified atom stereocenters. The summed E-state index contributed by atoms with van der Waals surface area (Å²) in [4.78, 5) is 16.0. The number of carbonyl (C=O) groups excluding carboxylic acids is 1. The van der Waals surface area contributed by atoms with E-state index < -0.39 is 0 Å². The lowest BCUT2D eigenvalue weighted by atomic mass is 10.1. The van der Waals surface area contributed by atoms with Crippen molar-refractivity contribution < 1.29 is 9.53 Å². The average molecular weight is 249 g/mol. The van der Waals surface area contributed by atoms with Gasteiger partial charge in [-0.15, -0.1) is 0 Å². The molecule has 5 heteroatoms. The molecule has 1 aliphatic heterocycles. The molecule has 1 fully saturated rings. The van der Waals surface area contributed by atoms with Gasteiger partial charge in [0.05, 0.1) is 12.2 Å². The van der Waals surface area contributed by atoms with Crippen LogP contribution in [0.3, 0.4) is 0 Å². The fourth-order valence-corrected chi connectivity index (χ4v) is 1.90. The average Bonchev–Trinajstić information content (AvgIpc) is 2.90. The van der Waals surface area contributed by atoms with Crippen molar-refractivity contribution in [2.24, 2.45) is 5.92 Å². The molecule has 0 aromatic carbocycles. The maximum absolute atomic E-state index is 11.9. The lowest BCUT2D eigenvalue weighted by Gasteiger charge is -2.09. The molecule has 98 valence electrons. The van der Waals surface area contributed by atoms with Gasteiger partial charge in [-0.05, 0) is 25.5 Å². The Morgan fingerprint density at radius 2 is 2.44 bits per heavy atom. The fourth-order valence-electron chi connectivity index (χ4n) is 1.90. The minimum Gasteiger partial charge on any atom is -0.381 e. The fraction of sp³-hybridized carbons (Fsp3) is 0.538. The number of aromatic nitrogens is 1. The van der Waals surface area contributed by atoms with Crippen LogP contribution in [-0.4, -0.2) is 37.2 Å². The monoisotopic (exact) mass is 249 g/mol. The number of ether oxygens (including phenoxy) is 1. The zero-order valence-electron chi connectivity index (χ0n) is 10.6. The maximum atomic E-state index is 11.9. The number of nitrogens with one attached hydrogen (secondary N) is 2. The second kappa shape index (κ2) is 6.35. The molecule has 0 aliphatic carbocycles. The minimum absolute atomic E-state index is 0.0718. The number of rotatable bonds is 5. The number of hydrogen-bond donors (Lipinski definition) is 2. The van der Waals surface area contributed by atoms with Crippen molar-refractivity contribution >= 4 is 11.7 Å². The summed E-state index contributed by atoms with van der Waals surface area (Å²) in [6.07, 6.45) is 2.62. The highest BCUT2D eigenvalue weighted by atomic mass is 16.5. The van der Waals surface area contributed by atoms with Crippen LogP contribution in [0.5, 0.6) is 0 Å². The maximum Gasteiger partial charge on any atom is 0.252 e. The Morgan fingerprint density at radius 1 is 1.56 bits per heavy atom. The number of pyridine rings is 1. The van der Waals surface area contributed by atoms with Crippen molar-refractivity contribution in [1.29, 1.82) is 0 Å². The lowest BCUT2D eigenvalue weighted by Crippen LogP contribution is -2.29. The third-order valence-electron chi connectivity index (χ3n) is 2.96. The Morgan fingerprint density at radius 3 is 3.06 bits per heavy atom. The van der Waals surface area contributed by atoms with Crippen LogP contribution < -0.4 is 10.6 Å². The van der Waals surface area contributed by atoms with Gasteiger partial charge in [-0.25, -0.2) is 4.98 Å². The van der Waals surface area contributed by atoms with Crippen LogP contribution in [0.4, 0.5) is 5.82 Å². The van der Waals surface area contributed by atoms with Crippen molar-refractivity contribution in [3.05, 3.63) is 23.9 Å². The van der Waals surface area contributed by atoms with Gasteiger partial charge in [-0.2, -0.15) is 0 Å². The molecule has 1 aromatic rings. The first-order valence-electron chi connectivity index (χ1n) is 6.35. The summed E-state index contributed by atoms with van der Waals surface area (Å²) in [5.41, 5.74) is 0.593. The molecule has 0 bridgehead atoms. The number of amides is 1. The van der Waals surface area contributed by atoms with Crippen LogP contribution in [0.25, 0.3) is 0 Å². The van der Waals surface area contributed by atoms with Crippen molar-refractivity contribution in [3.63, 3.8) is 0 Å². The molecule has 2 heterocycles. The minimum atomic E-state index is -0.0718. The van der Waals surface area contributed by atoms with Gasteiger partial charge in [-0.1, -0.05) is 0 Å². The molecule has 1 amide bonds. The van der Waals surface area contributed by atoms with Gasteiger partial charge in [0.15, 0.2) is 0 Å². The van der Waals surface area contributed by atoms with Gasteiger partial charge < -0.3 is 15.4 Å². The quantitative estimate of drug-likeness (QED) is 0.825. The van der Waals surface area contributed by atoms with Gasteiger partial charge >= 0.3 is 0 Å². The van der Waals surface area contributed by atoms with Crippen molar-refractivity contribution in [3.8, 4) is 0 Å². The van der Waals surface area contributed by atoms with E-state index in [1.165, 1.54) is 0 Å². The molecule has 1 saturated heterocycles. The highest BCUT2D eigenvalue weighted by molar-refractivity contribution is 5.94. The van der Waals surface area contributed by atoms with Crippen LogP contribution >= 0.6 is 0 Å². The summed E-state index contributed by atoms with van der Waals surface area (Å²) in [6, 6.07) is 3.60. The molecule has 1 aliphatic rings. The van der Waals surface area contributed by atoms with Crippen molar-refractivity contribution in [1.82, 2.24) is 10.3 Å². The molecule has 1 atom stereocenters. The van der Waals surface area contributed by atoms with E-state index in [0.717, 1.165) is 32.0 Å². The van der Waals surface area contributed by atoms with Gasteiger partial charge in [0.25, 0.3) is 5.91 Å². The van der Waals surface area contributed by atoms with Crippen LogP contribution in [0.1, 0.15) is 23.7 Å². The van der Waals surface area contributed by atoms with E-state index in [0.29, 0.717) is 18.0 Å². The largest absolute Gasteiger partial charge is 0.381 e. The first kappa shape index (κ1) is 12.8. The van der Waals surface area contributed by atoms with E-state index in [1.807, 2.05) is 13.0 Å². The predicted octanol–water partition coefficient (Wildman–Crippen LogP) is 1.28. The first-order valence-corrected chi connectivity index (χ1v) is 6.35. The predicted molar refractivity (Wildman–Crippen MR) is 69.7 cm³/mol. The van der Waals surface area contributed by atoms with E-state index >= 15 is 0 Å². The summed E-state index contributed by atoms with van der Waals surface area (Å²) in [5, 5.41) is 6.00. The van der Waals surface area contributed by atoms with Crippen LogP contribution in [-0.2, 0) is 4.74 Å². The second-order valence-electron chi connectivity index (χ2n) is 4.40. The summed E-state index contributed by atoms with van der Waals surface area (Å²) in [7, 11) is 0. The SMILES string of the molecule is CCNc1ccc(C(=O)NCC2CCOC2)cn1. The molecule has 0 saturated carbocycles. The third-order valence-corrected chi connectivity index (χ3v) is 2.96. The normalized spacial score (nSPS) is 18.6. The lowest BCUT2D eigenvalue weighted by molar-refractivity contribution is 0.0944.